The predicted molar refractivity (Wildman–Crippen MR) is 124 cm³/mol. The zero-order valence-electron chi connectivity index (χ0n) is 16.9. The normalized spacial score (nSPS) is 10.7. The zero-order chi connectivity index (χ0) is 20.8. The van der Waals surface area contributed by atoms with E-state index in [-0.39, 0.29) is 5.82 Å². The van der Waals surface area contributed by atoms with E-state index in [1.165, 1.54) is 23.3 Å². The van der Waals surface area contributed by atoms with Gasteiger partial charge in [0.2, 0.25) is 0 Å². The Morgan fingerprint density at radius 3 is 2.34 bits per heavy atom. The van der Waals surface area contributed by atoms with E-state index in [2.05, 4.69) is 66.0 Å². The summed E-state index contributed by atoms with van der Waals surface area (Å²) in [4.78, 5) is 0. The summed E-state index contributed by atoms with van der Waals surface area (Å²) in [5, 5.41) is 3.47. The van der Waals surface area contributed by atoms with Crippen molar-refractivity contribution >= 4 is 28.3 Å². The van der Waals surface area contributed by atoms with Crippen LogP contribution in [0.5, 0.6) is 11.5 Å². The maximum atomic E-state index is 13.1. The average Bonchev–Trinajstić information content (AvgIpc) is 2.70. The third-order valence-corrected chi connectivity index (χ3v) is 5.47. The summed E-state index contributed by atoms with van der Waals surface area (Å²) in [7, 11) is 0. The van der Waals surface area contributed by atoms with Crippen LogP contribution in [-0.4, -0.2) is 6.61 Å². The largest absolute Gasteiger partial charge is 0.490 e. The third-order valence-electron chi connectivity index (χ3n) is 4.67. The fraction of sp³-hybridized carbons (Fsp3) is 0.250. The van der Waals surface area contributed by atoms with Crippen LogP contribution < -0.4 is 14.8 Å². The molecule has 0 unspecified atom stereocenters. The molecule has 0 aliphatic carbocycles. The summed E-state index contributed by atoms with van der Waals surface area (Å²) in [5.41, 5.74) is 5.67. The number of aryl methyl sites for hydroxylation is 2. The first-order chi connectivity index (χ1) is 14.0. The lowest BCUT2D eigenvalue weighted by Crippen LogP contribution is -2.05. The Labute approximate surface area is 185 Å². The van der Waals surface area contributed by atoms with E-state index in [0.29, 0.717) is 25.5 Å². The molecule has 0 saturated carbocycles. The van der Waals surface area contributed by atoms with Crippen molar-refractivity contribution in [1.82, 2.24) is 0 Å². The van der Waals surface area contributed by atoms with Gasteiger partial charge >= 0.3 is 0 Å². The maximum absolute atomic E-state index is 13.1. The highest BCUT2D eigenvalue weighted by atomic mass is 127. The average molecular weight is 505 g/mol. The first-order valence-corrected chi connectivity index (χ1v) is 10.7. The van der Waals surface area contributed by atoms with Gasteiger partial charge in [-0.3, -0.25) is 0 Å². The number of rotatable bonds is 8. The van der Waals surface area contributed by atoms with Gasteiger partial charge in [0.15, 0.2) is 11.5 Å². The highest BCUT2D eigenvalue weighted by Gasteiger charge is 2.13. The van der Waals surface area contributed by atoms with E-state index in [9.17, 15) is 4.39 Å². The van der Waals surface area contributed by atoms with Gasteiger partial charge in [0, 0.05) is 12.2 Å². The smallest absolute Gasteiger partial charge is 0.174 e. The Morgan fingerprint density at radius 2 is 1.66 bits per heavy atom. The first-order valence-electron chi connectivity index (χ1n) is 9.60. The van der Waals surface area contributed by atoms with Gasteiger partial charge < -0.3 is 14.8 Å². The molecule has 3 aromatic carbocycles. The van der Waals surface area contributed by atoms with Crippen LogP contribution in [-0.2, 0) is 13.2 Å². The molecular weight excluding hydrogens is 480 g/mol. The standard InChI is InChI=1S/C24H25FINO2/c1-4-28-23-13-19(14-27-21-10-5-16(2)17(3)11-21)12-22(26)24(23)29-15-18-6-8-20(25)9-7-18/h5-13,27H,4,14-15H2,1-3H3. The van der Waals surface area contributed by atoms with Gasteiger partial charge in [-0.2, -0.15) is 0 Å². The van der Waals surface area contributed by atoms with Crippen molar-refractivity contribution in [2.45, 2.75) is 33.9 Å². The molecule has 0 aromatic heterocycles. The highest BCUT2D eigenvalue weighted by Crippen LogP contribution is 2.35. The number of hydrogen-bond donors (Lipinski definition) is 1. The summed E-state index contributed by atoms with van der Waals surface area (Å²) in [6.07, 6.45) is 0. The molecule has 0 bridgehead atoms. The summed E-state index contributed by atoms with van der Waals surface area (Å²) in [5.74, 6) is 1.18. The molecular formula is C24H25FINO2. The summed E-state index contributed by atoms with van der Waals surface area (Å²) >= 11 is 2.27. The maximum Gasteiger partial charge on any atom is 0.174 e. The SMILES string of the molecule is CCOc1cc(CNc2ccc(C)c(C)c2)cc(I)c1OCc1ccc(F)cc1. The fourth-order valence-corrected chi connectivity index (χ4v) is 3.74. The fourth-order valence-electron chi connectivity index (χ4n) is 2.92. The lowest BCUT2D eigenvalue weighted by molar-refractivity contribution is 0.267. The summed E-state index contributed by atoms with van der Waals surface area (Å²) in [6.45, 7) is 7.78. The summed E-state index contributed by atoms with van der Waals surface area (Å²) in [6, 6.07) is 16.8. The van der Waals surface area contributed by atoms with Gasteiger partial charge in [0.1, 0.15) is 12.4 Å². The van der Waals surface area contributed by atoms with E-state index >= 15 is 0 Å². The van der Waals surface area contributed by atoms with E-state index in [1.54, 1.807) is 12.1 Å². The monoisotopic (exact) mass is 505 g/mol. The molecule has 0 radical (unpaired) electrons. The molecule has 0 aliphatic heterocycles. The molecule has 0 heterocycles. The van der Waals surface area contributed by atoms with Crippen molar-refractivity contribution in [3.63, 3.8) is 0 Å². The zero-order valence-corrected chi connectivity index (χ0v) is 19.0. The van der Waals surface area contributed by atoms with Crippen molar-refractivity contribution in [2.75, 3.05) is 11.9 Å². The van der Waals surface area contributed by atoms with E-state index in [4.69, 9.17) is 9.47 Å². The minimum absolute atomic E-state index is 0.251. The molecule has 29 heavy (non-hydrogen) atoms. The Hall–Kier alpha value is -2.28. The van der Waals surface area contributed by atoms with Crippen LogP contribution in [0.2, 0.25) is 0 Å². The van der Waals surface area contributed by atoms with Crippen molar-refractivity contribution < 1.29 is 13.9 Å². The molecule has 0 spiro atoms. The molecule has 152 valence electrons. The van der Waals surface area contributed by atoms with Gasteiger partial charge in [-0.15, -0.1) is 0 Å². The number of ether oxygens (including phenoxy) is 2. The molecule has 5 heteroatoms. The molecule has 3 nitrogen and oxygen atoms in total. The summed E-state index contributed by atoms with van der Waals surface area (Å²) < 4.78 is 25.9. The predicted octanol–water partition coefficient (Wildman–Crippen LogP) is 6.64. The van der Waals surface area contributed by atoms with Gasteiger partial charge in [0.05, 0.1) is 10.2 Å². The number of benzene rings is 3. The van der Waals surface area contributed by atoms with E-state index in [1.807, 2.05) is 13.0 Å². The Morgan fingerprint density at radius 1 is 0.897 bits per heavy atom. The van der Waals surface area contributed by atoms with Crippen molar-refractivity contribution in [2.24, 2.45) is 0 Å². The third kappa shape index (κ3) is 5.85. The first kappa shape index (κ1) is 21.4. The topological polar surface area (TPSA) is 30.5 Å². The van der Waals surface area contributed by atoms with Crippen molar-refractivity contribution in [1.29, 1.82) is 0 Å². The lowest BCUT2D eigenvalue weighted by Gasteiger charge is -2.16. The van der Waals surface area contributed by atoms with Crippen molar-refractivity contribution in [3.8, 4) is 11.5 Å². The Balaban J connectivity index is 1.74. The second-order valence-corrected chi connectivity index (χ2v) is 8.07. The molecule has 0 atom stereocenters. The second-order valence-electron chi connectivity index (χ2n) is 6.91. The molecule has 0 aliphatic rings. The van der Waals surface area contributed by atoms with Crippen LogP contribution in [0, 0.1) is 23.2 Å². The van der Waals surface area contributed by atoms with Crippen LogP contribution in [0.25, 0.3) is 0 Å². The number of nitrogens with one attached hydrogen (secondary N) is 1. The molecule has 3 rings (SSSR count). The number of halogens is 2. The van der Waals surface area contributed by atoms with Gasteiger partial charge in [-0.1, -0.05) is 18.2 Å². The molecule has 0 amide bonds. The van der Waals surface area contributed by atoms with E-state index in [0.717, 1.165) is 26.1 Å². The van der Waals surface area contributed by atoms with Crippen LogP contribution in [0.4, 0.5) is 10.1 Å². The molecule has 0 saturated heterocycles. The minimum Gasteiger partial charge on any atom is -0.490 e. The molecule has 0 fully saturated rings. The van der Waals surface area contributed by atoms with Crippen LogP contribution in [0.3, 0.4) is 0 Å². The number of hydrogen-bond acceptors (Lipinski definition) is 3. The Bertz CT molecular complexity index is 973. The molecule has 1 N–H and O–H groups in total. The second kappa shape index (κ2) is 9.96. The molecule has 3 aromatic rings. The van der Waals surface area contributed by atoms with Crippen LogP contribution in [0.1, 0.15) is 29.2 Å². The van der Waals surface area contributed by atoms with Gasteiger partial charge in [-0.05, 0) is 102 Å². The lowest BCUT2D eigenvalue weighted by atomic mass is 10.1. The highest BCUT2D eigenvalue weighted by molar-refractivity contribution is 14.1. The van der Waals surface area contributed by atoms with E-state index < -0.39 is 0 Å². The minimum atomic E-state index is -0.251. The quantitative estimate of drug-likeness (QED) is 0.349. The number of anilines is 1. The van der Waals surface area contributed by atoms with Crippen molar-refractivity contribution in [3.05, 3.63) is 86.2 Å². The van der Waals surface area contributed by atoms with Gasteiger partial charge in [-0.25, -0.2) is 4.39 Å². The van der Waals surface area contributed by atoms with Crippen LogP contribution >= 0.6 is 22.6 Å². The van der Waals surface area contributed by atoms with Crippen LogP contribution in [0.15, 0.2) is 54.6 Å². The van der Waals surface area contributed by atoms with Gasteiger partial charge in [0.25, 0.3) is 0 Å². The Kier molecular flexibility index (Phi) is 7.36.